The monoisotopic (exact) mass is 329 g/mol. The number of carbonyl (C=O) groups is 2. The van der Waals surface area contributed by atoms with Crippen LogP contribution < -0.4 is 5.32 Å². The highest BCUT2D eigenvalue weighted by Crippen LogP contribution is 2.25. The second-order valence-corrected chi connectivity index (χ2v) is 5.82. The average Bonchev–Trinajstić information content (AvgIpc) is 2.82. The van der Waals surface area contributed by atoms with E-state index in [0.717, 1.165) is 23.5 Å². The highest BCUT2D eigenvalue weighted by molar-refractivity contribution is 5.92. The zero-order valence-corrected chi connectivity index (χ0v) is 14.2. The van der Waals surface area contributed by atoms with Gasteiger partial charge in [-0.05, 0) is 26.3 Å². The van der Waals surface area contributed by atoms with E-state index < -0.39 is 5.97 Å². The molecule has 0 aliphatic heterocycles. The van der Waals surface area contributed by atoms with Crippen LogP contribution >= 0.6 is 0 Å². The number of hydrogen-bond donors (Lipinski definition) is 2. The van der Waals surface area contributed by atoms with Gasteiger partial charge in [0.15, 0.2) is 0 Å². The third-order valence-electron chi connectivity index (χ3n) is 4.07. The van der Waals surface area contributed by atoms with Gasteiger partial charge in [0.05, 0.1) is 23.5 Å². The maximum absolute atomic E-state index is 12.4. The van der Waals surface area contributed by atoms with Gasteiger partial charge < -0.3 is 10.4 Å². The SMILES string of the molecule is CCn1nc(C)c(NC(=O)CC(CC(=O)O)c2ccccc2)c1C. The molecule has 0 fully saturated rings. The van der Waals surface area contributed by atoms with Crippen molar-refractivity contribution in [1.82, 2.24) is 9.78 Å². The summed E-state index contributed by atoms with van der Waals surface area (Å²) in [5.74, 6) is -1.47. The van der Waals surface area contributed by atoms with Crippen molar-refractivity contribution in [3.05, 3.63) is 47.3 Å². The molecule has 2 rings (SSSR count). The number of rotatable bonds is 7. The number of aromatic nitrogens is 2. The first kappa shape index (κ1) is 17.7. The van der Waals surface area contributed by atoms with Crippen molar-refractivity contribution in [2.45, 2.75) is 46.1 Å². The van der Waals surface area contributed by atoms with Crippen LogP contribution in [-0.2, 0) is 16.1 Å². The van der Waals surface area contributed by atoms with Crippen LogP contribution in [0.1, 0.15) is 42.6 Å². The van der Waals surface area contributed by atoms with Crippen LogP contribution in [0.5, 0.6) is 0 Å². The maximum Gasteiger partial charge on any atom is 0.303 e. The predicted octanol–water partition coefficient (Wildman–Crippen LogP) is 3.11. The van der Waals surface area contributed by atoms with Crippen molar-refractivity contribution in [2.24, 2.45) is 0 Å². The molecule has 1 aromatic heterocycles. The number of carboxylic acid groups (broad SMARTS) is 1. The van der Waals surface area contributed by atoms with Crippen LogP contribution in [0.25, 0.3) is 0 Å². The number of benzene rings is 1. The fraction of sp³-hybridized carbons (Fsp3) is 0.389. The van der Waals surface area contributed by atoms with Crippen molar-refractivity contribution in [3.8, 4) is 0 Å². The molecule has 1 atom stereocenters. The van der Waals surface area contributed by atoms with Gasteiger partial charge >= 0.3 is 5.97 Å². The fourth-order valence-electron chi connectivity index (χ4n) is 2.84. The highest BCUT2D eigenvalue weighted by Gasteiger charge is 2.21. The molecule has 0 spiro atoms. The van der Waals surface area contributed by atoms with Gasteiger partial charge in [-0.1, -0.05) is 30.3 Å². The maximum atomic E-state index is 12.4. The number of hydrogen-bond acceptors (Lipinski definition) is 3. The van der Waals surface area contributed by atoms with E-state index in [1.54, 1.807) is 0 Å². The second-order valence-electron chi connectivity index (χ2n) is 5.82. The molecule has 128 valence electrons. The van der Waals surface area contributed by atoms with Gasteiger partial charge in [-0.25, -0.2) is 0 Å². The lowest BCUT2D eigenvalue weighted by atomic mass is 9.92. The lowest BCUT2D eigenvalue weighted by molar-refractivity contribution is -0.137. The first-order chi connectivity index (χ1) is 11.4. The Kier molecular flexibility index (Phi) is 5.73. The van der Waals surface area contributed by atoms with E-state index in [1.165, 1.54) is 0 Å². The van der Waals surface area contributed by atoms with Crippen molar-refractivity contribution < 1.29 is 14.7 Å². The molecule has 6 heteroatoms. The zero-order chi connectivity index (χ0) is 17.7. The van der Waals surface area contributed by atoms with Gasteiger partial charge in [-0.2, -0.15) is 5.10 Å². The Labute approximate surface area is 141 Å². The summed E-state index contributed by atoms with van der Waals surface area (Å²) in [7, 11) is 0. The quantitative estimate of drug-likeness (QED) is 0.817. The molecule has 0 aliphatic rings. The van der Waals surface area contributed by atoms with Crippen LogP contribution in [0.4, 0.5) is 5.69 Å². The molecular weight excluding hydrogens is 306 g/mol. The van der Waals surface area contributed by atoms with Crippen LogP contribution in [0.2, 0.25) is 0 Å². The summed E-state index contributed by atoms with van der Waals surface area (Å²) in [5, 5.41) is 16.4. The second kappa shape index (κ2) is 7.77. The Bertz CT molecular complexity index is 723. The van der Waals surface area contributed by atoms with Gasteiger partial charge in [-0.15, -0.1) is 0 Å². The molecule has 1 amide bonds. The number of amides is 1. The van der Waals surface area contributed by atoms with E-state index in [4.69, 9.17) is 5.11 Å². The molecule has 0 bridgehead atoms. The number of carbonyl (C=O) groups excluding carboxylic acids is 1. The first-order valence-corrected chi connectivity index (χ1v) is 8.03. The minimum Gasteiger partial charge on any atom is -0.481 e. The first-order valence-electron chi connectivity index (χ1n) is 8.03. The molecule has 0 saturated heterocycles. The van der Waals surface area contributed by atoms with Crippen LogP contribution in [0.15, 0.2) is 30.3 Å². The van der Waals surface area contributed by atoms with E-state index in [0.29, 0.717) is 5.69 Å². The smallest absolute Gasteiger partial charge is 0.303 e. The molecule has 0 saturated carbocycles. The topological polar surface area (TPSA) is 84.2 Å². The fourth-order valence-corrected chi connectivity index (χ4v) is 2.84. The van der Waals surface area contributed by atoms with Crippen LogP contribution in [-0.4, -0.2) is 26.8 Å². The van der Waals surface area contributed by atoms with Crippen molar-refractivity contribution in [3.63, 3.8) is 0 Å². The third kappa shape index (κ3) is 4.22. The molecule has 1 heterocycles. The average molecular weight is 329 g/mol. The third-order valence-corrected chi connectivity index (χ3v) is 4.07. The van der Waals surface area contributed by atoms with E-state index >= 15 is 0 Å². The minimum atomic E-state index is -0.914. The number of nitrogens with one attached hydrogen (secondary N) is 1. The molecule has 2 aromatic rings. The molecular formula is C18H23N3O3. The molecule has 1 aromatic carbocycles. The number of anilines is 1. The molecule has 0 aliphatic carbocycles. The van der Waals surface area contributed by atoms with Gasteiger partial charge in [0, 0.05) is 18.9 Å². The molecule has 1 unspecified atom stereocenters. The lowest BCUT2D eigenvalue weighted by Crippen LogP contribution is -2.18. The Morgan fingerprint density at radius 2 is 1.88 bits per heavy atom. The molecule has 2 N–H and O–H groups in total. The molecule has 24 heavy (non-hydrogen) atoms. The van der Waals surface area contributed by atoms with Gasteiger partial charge in [-0.3, -0.25) is 14.3 Å². The van der Waals surface area contributed by atoms with Gasteiger partial charge in [0.2, 0.25) is 5.91 Å². The number of carboxylic acids is 1. The lowest BCUT2D eigenvalue weighted by Gasteiger charge is -2.15. The normalized spacial score (nSPS) is 12.0. The summed E-state index contributed by atoms with van der Waals surface area (Å²) in [6.45, 7) is 6.48. The summed E-state index contributed by atoms with van der Waals surface area (Å²) in [6, 6.07) is 9.27. The van der Waals surface area contributed by atoms with Gasteiger partial charge in [0.25, 0.3) is 0 Å². The Balaban J connectivity index is 2.14. The van der Waals surface area contributed by atoms with E-state index in [2.05, 4.69) is 10.4 Å². The van der Waals surface area contributed by atoms with Gasteiger partial charge in [0.1, 0.15) is 0 Å². The standard InChI is InChI=1S/C18H23N3O3/c1-4-21-13(3)18(12(2)20-21)19-16(22)10-15(11-17(23)24)14-8-6-5-7-9-14/h5-9,15H,4,10-11H2,1-3H3,(H,19,22)(H,23,24). The Morgan fingerprint density at radius 1 is 1.21 bits per heavy atom. The zero-order valence-electron chi connectivity index (χ0n) is 14.2. The van der Waals surface area contributed by atoms with Crippen molar-refractivity contribution >= 4 is 17.6 Å². The van der Waals surface area contributed by atoms with E-state index in [9.17, 15) is 9.59 Å². The summed E-state index contributed by atoms with van der Waals surface area (Å²) >= 11 is 0. The summed E-state index contributed by atoms with van der Waals surface area (Å²) in [6.07, 6.45) is 0.0378. The number of aryl methyl sites for hydroxylation is 2. The predicted molar refractivity (Wildman–Crippen MR) is 92.1 cm³/mol. The summed E-state index contributed by atoms with van der Waals surface area (Å²) in [4.78, 5) is 23.6. The highest BCUT2D eigenvalue weighted by atomic mass is 16.4. The number of aliphatic carboxylic acids is 1. The Morgan fingerprint density at radius 3 is 2.42 bits per heavy atom. The minimum absolute atomic E-state index is 0.0797. The van der Waals surface area contributed by atoms with Crippen molar-refractivity contribution in [1.29, 1.82) is 0 Å². The molecule has 0 radical (unpaired) electrons. The van der Waals surface area contributed by atoms with Crippen LogP contribution in [0.3, 0.4) is 0 Å². The Hall–Kier alpha value is -2.63. The van der Waals surface area contributed by atoms with Crippen molar-refractivity contribution in [2.75, 3.05) is 5.32 Å². The summed E-state index contributed by atoms with van der Waals surface area (Å²) in [5.41, 5.74) is 3.23. The van der Waals surface area contributed by atoms with E-state index in [-0.39, 0.29) is 24.7 Å². The number of nitrogens with zero attached hydrogens (tertiary/aromatic N) is 2. The summed E-state index contributed by atoms with van der Waals surface area (Å²) < 4.78 is 1.83. The van der Waals surface area contributed by atoms with E-state index in [1.807, 2.05) is 55.8 Å². The largest absolute Gasteiger partial charge is 0.481 e. The molecule has 6 nitrogen and oxygen atoms in total. The van der Waals surface area contributed by atoms with Crippen LogP contribution in [0, 0.1) is 13.8 Å².